The van der Waals surface area contributed by atoms with Gasteiger partial charge >= 0.3 is 0 Å². The summed E-state index contributed by atoms with van der Waals surface area (Å²) >= 11 is 0. The highest BCUT2D eigenvalue weighted by molar-refractivity contribution is 7.89. The third-order valence-corrected chi connectivity index (χ3v) is 4.28. The van der Waals surface area contributed by atoms with E-state index in [1.165, 1.54) is 13.2 Å². The minimum Gasteiger partial charge on any atom is -0.492 e. The molecule has 0 aliphatic rings. The molecule has 7 heteroatoms. The number of nitrogen functional groups attached to an aromatic ring is 1. The molecule has 1 aromatic rings. The fourth-order valence-electron chi connectivity index (χ4n) is 1.73. The number of ether oxygens (including phenoxy) is 2. The van der Waals surface area contributed by atoms with Crippen LogP contribution in [0.25, 0.3) is 0 Å². The molecule has 0 saturated carbocycles. The molecule has 1 atom stereocenters. The summed E-state index contributed by atoms with van der Waals surface area (Å²) < 4.78 is 37.8. The Morgan fingerprint density at radius 2 is 2.05 bits per heavy atom. The average Bonchev–Trinajstić information content (AvgIpc) is 2.40. The summed E-state index contributed by atoms with van der Waals surface area (Å²) in [5.74, 6) is 0.293. The van der Waals surface area contributed by atoms with Crippen molar-refractivity contribution in [3.63, 3.8) is 0 Å². The van der Waals surface area contributed by atoms with E-state index in [1.807, 2.05) is 6.92 Å². The predicted molar refractivity (Wildman–Crippen MR) is 78.3 cm³/mol. The highest BCUT2D eigenvalue weighted by Crippen LogP contribution is 2.26. The summed E-state index contributed by atoms with van der Waals surface area (Å²) in [6.07, 6.45) is 0.624. The number of rotatable bonds is 8. The van der Waals surface area contributed by atoms with Crippen molar-refractivity contribution in [2.24, 2.45) is 0 Å². The Morgan fingerprint density at radius 3 is 2.60 bits per heavy atom. The van der Waals surface area contributed by atoms with Crippen molar-refractivity contribution in [2.45, 2.75) is 31.2 Å². The van der Waals surface area contributed by atoms with E-state index < -0.39 is 10.0 Å². The van der Waals surface area contributed by atoms with E-state index in [4.69, 9.17) is 15.2 Å². The second kappa shape index (κ2) is 7.47. The Balaban J connectivity index is 3.10. The Kier molecular flexibility index (Phi) is 6.25. The summed E-state index contributed by atoms with van der Waals surface area (Å²) in [6.45, 7) is 4.36. The van der Waals surface area contributed by atoms with E-state index in [-0.39, 0.29) is 10.9 Å². The minimum absolute atomic E-state index is 0.0499. The van der Waals surface area contributed by atoms with Gasteiger partial charge in [0.1, 0.15) is 10.6 Å². The molecule has 0 saturated heterocycles. The lowest BCUT2D eigenvalue weighted by atomic mass is 10.3. The molecular formula is C13H22N2O4S. The van der Waals surface area contributed by atoms with Gasteiger partial charge in [0.15, 0.2) is 0 Å². The molecule has 1 unspecified atom stereocenters. The standard InChI is InChI=1S/C13H22N2O4S/c1-4-11(9-18-3)15-20(16,17)13-8-10(14)6-7-12(13)19-5-2/h6-8,11,15H,4-5,9,14H2,1-3H3. The molecule has 0 aliphatic heterocycles. The third kappa shape index (κ3) is 4.36. The van der Waals surface area contributed by atoms with Crippen molar-refractivity contribution in [3.05, 3.63) is 18.2 Å². The van der Waals surface area contributed by atoms with Crippen LogP contribution in [0.1, 0.15) is 20.3 Å². The number of anilines is 1. The van der Waals surface area contributed by atoms with E-state index in [9.17, 15) is 8.42 Å². The topological polar surface area (TPSA) is 90.7 Å². The zero-order chi connectivity index (χ0) is 15.2. The van der Waals surface area contributed by atoms with Gasteiger partial charge in [-0.3, -0.25) is 0 Å². The summed E-state index contributed by atoms with van der Waals surface area (Å²) in [5.41, 5.74) is 6.04. The van der Waals surface area contributed by atoms with Crippen LogP contribution in [0.2, 0.25) is 0 Å². The number of nitrogens with two attached hydrogens (primary N) is 1. The van der Waals surface area contributed by atoms with Crippen LogP contribution in [0.15, 0.2) is 23.1 Å². The number of hydrogen-bond acceptors (Lipinski definition) is 5. The molecule has 6 nitrogen and oxygen atoms in total. The van der Waals surface area contributed by atoms with Gasteiger partial charge in [-0.25, -0.2) is 13.1 Å². The first-order valence-electron chi connectivity index (χ1n) is 6.48. The van der Waals surface area contributed by atoms with E-state index in [0.717, 1.165) is 0 Å². The van der Waals surface area contributed by atoms with Gasteiger partial charge < -0.3 is 15.2 Å². The van der Waals surface area contributed by atoms with Crippen LogP contribution in [0, 0.1) is 0 Å². The number of hydrogen-bond donors (Lipinski definition) is 2. The van der Waals surface area contributed by atoms with Crippen molar-refractivity contribution >= 4 is 15.7 Å². The van der Waals surface area contributed by atoms with Gasteiger partial charge in [0.25, 0.3) is 0 Å². The first kappa shape index (κ1) is 16.7. The van der Waals surface area contributed by atoms with Crippen LogP contribution < -0.4 is 15.2 Å². The Bertz CT molecular complexity index is 531. The largest absolute Gasteiger partial charge is 0.492 e. The number of sulfonamides is 1. The molecule has 0 bridgehead atoms. The van der Waals surface area contributed by atoms with Gasteiger partial charge in [-0.1, -0.05) is 6.92 Å². The maximum Gasteiger partial charge on any atom is 0.244 e. The van der Waals surface area contributed by atoms with E-state index in [0.29, 0.717) is 31.1 Å². The Labute approximate surface area is 120 Å². The van der Waals surface area contributed by atoms with Gasteiger partial charge in [0, 0.05) is 18.8 Å². The van der Waals surface area contributed by atoms with Crippen LogP contribution in [-0.4, -0.2) is 34.8 Å². The van der Waals surface area contributed by atoms with Crippen LogP contribution in [0.3, 0.4) is 0 Å². The molecule has 0 amide bonds. The van der Waals surface area contributed by atoms with E-state index >= 15 is 0 Å². The molecule has 0 aliphatic carbocycles. The number of nitrogens with one attached hydrogen (secondary N) is 1. The highest BCUT2D eigenvalue weighted by Gasteiger charge is 2.23. The van der Waals surface area contributed by atoms with Gasteiger partial charge in [-0.2, -0.15) is 0 Å². The predicted octanol–water partition coefficient (Wildman–Crippen LogP) is 1.37. The summed E-state index contributed by atoms with van der Waals surface area (Å²) in [6, 6.07) is 4.27. The molecule has 20 heavy (non-hydrogen) atoms. The second-order valence-electron chi connectivity index (χ2n) is 4.32. The van der Waals surface area contributed by atoms with Crippen LogP contribution in [0.4, 0.5) is 5.69 Å². The zero-order valence-corrected chi connectivity index (χ0v) is 12.9. The minimum atomic E-state index is -3.70. The smallest absolute Gasteiger partial charge is 0.244 e. The van der Waals surface area contributed by atoms with Crippen molar-refractivity contribution in [2.75, 3.05) is 26.1 Å². The Morgan fingerprint density at radius 1 is 1.35 bits per heavy atom. The fraction of sp³-hybridized carbons (Fsp3) is 0.538. The molecule has 0 fully saturated rings. The van der Waals surface area contributed by atoms with Crippen LogP contribution in [-0.2, 0) is 14.8 Å². The quantitative estimate of drug-likeness (QED) is 0.708. The van der Waals surface area contributed by atoms with Crippen LogP contribution >= 0.6 is 0 Å². The molecule has 0 heterocycles. The SMILES string of the molecule is CCOc1ccc(N)cc1S(=O)(=O)NC(CC)COC. The molecule has 1 aromatic carbocycles. The molecule has 3 N–H and O–H groups in total. The lowest BCUT2D eigenvalue weighted by Gasteiger charge is -2.18. The Hall–Kier alpha value is -1.31. The zero-order valence-electron chi connectivity index (χ0n) is 12.0. The highest BCUT2D eigenvalue weighted by atomic mass is 32.2. The molecule has 0 radical (unpaired) electrons. The monoisotopic (exact) mass is 302 g/mol. The van der Waals surface area contributed by atoms with Gasteiger partial charge in [0.05, 0.1) is 13.2 Å². The molecule has 1 rings (SSSR count). The molecule has 0 aromatic heterocycles. The first-order chi connectivity index (χ1) is 9.44. The lowest BCUT2D eigenvalue weighted by Crippen LogP contribution is -2.37. The molecular weight excluding hydrogens is 280 g/mol. The van der Waals surface area contributed by atoms with Gasteiger partial charge in [-0.05, 0) is 31.5 Å². The maximum absolute atomic E-state index is 12.4. The second-order valence-corrected chi connectivity index (χ2v) is 6.00. The van der Waals surface area contributed by atoms with Crippen molar-refractivity contribution < 1.29 is 17.9 Å². The van der Waals surface area contributed by atoms with Crippen molar-refractivity contribution in [3.8, 4) is 5.75 Å². The summed E-state index contributed by atoms with van der Waals surface area (Å²) in [5, 5.41) is 0. The molecule has 0 spiro atoms. The van der Waals surface area contributed by atoms with Gasteiger partial charge in [0.2, 0.25) is 10.0 Å². The van der Waals surface area contributed by atoms with E-state index in [2.05, 4.69) is 4.72 Å². The van der Waals surface area contributed by atoms with E-state index in [1.54, 1.807) is 19.1 Å². The molecule has 114 valence electrons. The average molecular weight is 302 g/mol. The number of benzene rings is 1. The lowest BCUT2D eigenvalue weighted by molar-refractivity contribution is 0.173. The summed E-state index contributed by atoms with van der Waals surface area (Å²) in [4.78, 5) is 0.0499. The first-order valence-corrected chi connectivity index (χ1v) is 7.96. The maximum atomic E-state index is 12.4. The van der Waals surface area contributed by atoms with Crippen molar-refractivity contribution in [1.29, 1.82) is 0 Å². The fourth-order valence-corrected chi connectivity index (χ4v) is 3.21. The van der Waals surface area contributed by atoms with Crippen molar-refractivity contribution in [1.82, 2.24) is 4.72 Å². The number of methoxy groups -OCH3 is 1. The normalized spacial score (nSPS) is 13.2. The third-order valence-electron chi connectivity index (χ3n) is 2.74. The summed E-state index contributed by atoms with van der Waals surface area (Å²) in [7, 11) is -2.17. The van der Waals surface area contributed by atoms with Crippen LogP contribution in [0.5, 0.6) is 5.75 Å². The van der Waals surface area contributed by atoms with Gasteiger partial charge in [-0.15, -0.1) is 0 Å².